The molecule has 0 aromatic heterocycles. The van der Waals surface area contributed by atoms with Crippen LogP contribution in [0.15, 0.2) is 24.3 Å². The van der Waals surface area contributed by atoms with Crippen LogP contribution < -0.4 is 5.32 Å². The molecule has 1 aromatic carbocycles. The lowest BCUT2D eigenvalue weighted by Crippen LogP contribution is -2.53. The van der Waals surface area contributed by atoms with Gasteiger partial charge in [0.05, 0.1) is 0 Å². The average molecular weight is 250 g/mol. The second-order valence-corrected chi connectivity index (χ2v) is 4.67. The fourth-order valence-electron chi connectivity index (χ4n) is 2.32. The number of nitrogens with zero attached hydrogens (tertiary/aromatic N) is 1. The quantitative estimate of drug-likeness (QED) is 0.883. The molecule has 1 aliphatic rings. The first kappa shape index (κ1) is 13.0. The molecule has 98 valence electrons. The SMILES string of the molecule is CCC(=O)N1CCNC(Cc2ccc(F)cc2)C1. The number of rotatable bonds is 3. The molecule has 1 aromatic rings. The molecule has 1 saturated heterocycles. The zero-order chi connectivity index (χ0) is 13.0. The Kier molecular flexibility index (Phi) is 4.31. The molecule has 1 heterocycles. The standard InChI is InChI=1S/C14H19FN2O/c1-2-14(18)17-8-7-16-13(10-17)9-11-3-5-12(15)6-4-11/h3-6,13,16H,2,7-10H2,1H3. The first-order chi connectivity index (χ1) is 8.69. The van der Waals surface area contributed by atoms with Gasteiger partial charge < -0.3 is 10.2 Å². The summed E-state index contributed by atoms with van der Waals surface area (Å²) in [4.78, 5) is 13.6. The van der Waals surface area contributed by atoms with Gasteiger partial charge in [-0.25, -0.2) is 4.39 Å². The van der Waals surface area contributed by atoms with E-state index in [9.17, 15) is 9.18 Å². The minimum absolute atomic E-state index is 0.209. The van der Waals surface area contributed by atoms with Crippen LogP contribution in [0.4, 0.5) is 4.39 Å². The van der Waals surface area contributed by atoms with Crippen molar-refractivity contribution in [2.24, 2.45) is 0 Å². The van der Waals surface area contributed by atoms with Crippen LogP contribution in [0.25, 0.3) is 0 Å². The van der Waals surface area contributed by atoms with Crippen LogP contribution in [-0.2, 0) is 11.2 Å². The average Bonchev–Trinajstić information content (AvgIpc) is 2.41. The highest BCUT2D eigenvalue weighted by Crippen LogP contribution is 2.09. The van der Waals surface area contributed by atoms with Gasteiger partial charge in [-0.05, 0) is 24.1 Å². The van der Waals surface area contributed by atoms with Gasteiger partial charge in [-0.2, -0.15) is 0 Å². The van der Waals surface area contributed by atoms with Crippen LogP contribution in [0.3, 0.4) is 0 Å². The number of nitrogens with one attached hydrogen (secondary N) is 1. The van der Waals surface area contributed by atoms with Gasteiger partial charge in [-0.3, -0.25) is 4.79 Å². The van der Waals surface area contributed by atoms with E-state index < -0.39 is 0 Å². The molecule has 2 rings (SSSR count). The van der Waals surface area contributed by atoms with E-state index in [-0.39, 0.29) is 17.8 Å². The monoisotopic (exact) mass is 250 g/mol. The van der Waals surface area contributed by atoms with Crippen molar-refractivity contribution < 1.29 is 9.18 Å². The van der Waals surface area contributed by atoms with Gasteiger partial charge in [0.15, 0.2) is 0 Å². The number of amides is 1. The van der Waals surface area contributed by atoms with Gasteiger partial charge in [0.1, 0.15) is 5.82 Å². The van der Waals surface area contributed by atoms with Crippen molar-refractivity contribution >= 4 is 5.91 Å². The molecular formula is C14H19FN2O. The van der Waals surface area contributed by atoms with Gasteiger partial charge in [0, 0.05) is 32.1 Å². The number of piperazine rings is 1. The van der Waals surface area contributed by atoms with E-state index in [0.29, 0.717) is 6.42 Å². The first-order valence-electron chi connectivity index (χ1n) is 6.44. The van der Waals surface area contributed by atoms with Crippen LogP contribution in [0.5, 0.6) is 0 Å². The summed E-state index contributed by atoms with van der Waals surface area (Å²) in [7, 11) is 0. The molecule has 0 aliphatic carbocycles. The predicted molar refractivity (Wildman–Crippen MR) is 68.8 cm³/mol. The van der Waals surface area contributed by atoms with Crippen molar-refractivity contribution in [1.82, 2.24) is 10.2 Å². The summed E-state index contributed by atoms with van der Waals surface area (Å²) < 4.78 is 12.8. The third kappa shape index (κ3) is 3.29. The Bertz CT molecular complexity index is 405. The minimum atomic E-state index is -0.210. The molecule has 0 spiro atoms. The fraction of sp³-hybridized carbons (Fsp3) is 0.500. The van der Waals surface area contributed by atoms with Gasteiger partial charge in [0.2, 0.25) is 5.91 Å². The molecule has 0 saturated carbocycles. The van der Waals surface area contributed by atoms with Crippen LogP contribution in [0.2, 0.25) is 0 Å². The maximum atomic E-state index is 12.8. The van der Waals surface area contributed by atoms with E-state index in [0.717, 1.165) is 31.6 Å². The van der Waals surface area contributed by atoms with Crippen molar-refractivity contribution in [2.45, 2.75) is 25.8 Å². The molecule has 1 amide bonds. The topological polar surface area (TPSA) is 32.3 Å². The van der Waals surface area contributed by atoms with E-state index in [1.165, 1.54) is 12.1 Å². The van der Waals surface area contributed by atoms with Crippen LogP contribution >= 0.6 is 0 Å². The van der Waals surface area contributed by atoms with Crippen molar-refractivity contribution in [3.63, 3.8) is 0 Å². The molecule has 1 aliphatic heterocycles. The Morgan fingerprint density at radius 3 is 2.83 bits per heavy atom. The number of hydrogen-bond donors (Lipinski definition) is 1. The van der Waals surface area contributed by atoms with Crippen molar-refractivity contribution in [1.29, 1.82) is 0 Å². The Morgan fingerprint density at radius 1 is 1.44 bits per heavy atom. The van der Waals surface area contributed by atoms with Crippen molar-refractivity contribution in [3.8, 4) is 0 Å². The van der Waals surface area contributed by atoms with E-state index in [1.54, 1.807) is 12.1 Å². The molecule has 4 heteroatoms. The molecule has 1 atom stereocenters. The summed E-state index contributed by atoms with van der Waals surface area (Å²) in [5, 5.41) is 3.40. The summed E-state index contributed by atoms with van der Waals surface area (Å²) in [6.07, 6.45) is 1.39. The van der Waals surface area contributed by atoms with Gasteiger partial charge >= 0.3 is 0 Å². The second kappa shape index (κ2) is 5.96. The van der Waals surface area contributed by atoms with Crippen molar-refractivity contribution in [2.75, 3.05) is 19.6 Å². The molecule has 1 N–H and O–H groups in total. The number of carbonyl (C=O) groups is 1. The van der Waals surface area contributed by atoms with Crippen LogP contribution in [-0.4, -0.2) is 36.5 Å². The highest BCUT2D eigenvalue weighted by Gasteiger charge is 2.22. The Morgan fingerprint density at radius 2 is 2.17 bits per heavy atom. The zero-order valence-corrected chi connectivity index (χ0v) is 10.7. The second-order valence-electron chi connectivity index (χ2n) is 4.67. The summed E-state index contributed by atoms with van der Waals surface area (Å²) in [6, 6.07) is 6.83. The van der Waals surface area contributed by atoms with Gasteiger partial charge in [-0.15, -0.1) is 0 Å². The summed E-state index contributed by atoms with van der Waals surface area (Å²) >= 11 is 0. The summed E-state index contributed by atoms with van der Waals surface area (Å²) in [5.74, 6) is -0.00116. The highest BCUT2D eigenvalue weighted by atomic mass is 19.1. The van der Waals surface area contributed by atoms with Crippen molar-refractivity contribution in [3.05, 3.63) is 35.6 Å². The smallest absolute Gasteiger partial charge is 0.222 e. The number of carbonyl (C=O) groups excluding carboxylic acids is 1. The summed E-state index contributed by atoms with van der Waals surface area (Å²) in [5.41, 5.74) is 1.10. The van der Waals surface area contributed by atoms with E-state index in [1.807, 2.05) is 11.8 Å². The molecule has 0 bridgehead atoms. The largest absolute Gasteiger partial charge is 0.340 e. The zero-order valence-electron chi connectivity index (χ0n) is 10.7. The first-order valence-corrected chi connectivity index (χ1v) is 6.44. The molecule has 0 radical (unpaired) electrons. The minimum Gasteiger partial charge on any atom is -0.340 e. The lowest BCUT2D eigenvalue weighted by Gasteiger charge is -2.33. The number of hydrogen-bond acceptors (Lipinski definition) is 2. The normalized spacial score (nSPS) is 19.9. The maximum absolute atomic E-state index is 12.8. The molecule has 1 unspecified atom stereocenters. The maximum Gasteiger partial charge on any atom is 0.222 e. The number of benzene rings is 1. The van der Waals surface area contributed by atoms with Crippen LogP contribution in [0.1, 0.15) is 18.9 Å². The fourth-order valence-corrected chi connectivity index (χ4v) is 2.32. The Hall–Kier alpha value is -1.42. The highest BCUT2D eigenvalue weighted by molar-refractivity contribution is 5.75. The Balaban J connectivity index is 1.93. The third-order valence-electron chi connectivity index (χ3n) is 3.31. The van der Waals surface area contributed by atoms with E-state index in [2.05, 4.69) is 5.32 Å². The predicted octanol–water partition coefficient (Wildman–Crippen LogP) is 1.58. The molecule has 18 heavy (non-hydrogen) atoms. The van der Waals surface area contributed by atoms with E-state index in [4.69, 9.17) is 0 Å². The van der Waals surface area contributed by atoms with Gasteiger partial charge in [-0.1, -0.05) is 19.1 Å². The van der Waals surface area contributed by atoms with Crippen LogP contribution in [0, 0.1) is 5.82 Å². The summed E-state index contributed by atoms with van der Waals surface area (Å²) in [6.45, 7) is 4.24. The Labute approximate surface area is 107 Å². The molecule has 3 nitrogen and oxygen atoms in total. The van der Waals surface area contributed by atoms with E-state index >= 15 is 0 Å². The lowest BCUT2D eigenvalue weighted by atomic mass is 10.0. The third-order valence-corrected chi connectivity index (χ3v) is 3.31. The number of halogens is 1. The molecular weight excluding hydrogens is 231 g/mol. The molecule has 1 fully saturated rings. The van der Waals surface area contributed by atoms with Gasteiger partial charge in [0.25, 0.3) is 0 Å². The lowest BCUT2D eigenvalue weighted by molar-refractivity contribution is -0.132.